The zero-order valence-electron chi connectivity index (χ0n) is 13.7. The van der Waals surface area contributed by atoms with Crippen molar-refractivity contribution in [1.82, 2.24) is 0 Å². The summed E-state index contributed by atoms with van der Waals surface area (Å²) in [5, 5.41) is 1.78. The number of hydrogen-bond donors (Lipinski definition) is 0. The second-order valence-electron chi connectivity index (χ2n) is 4.37. The van der Waals surface area contributed by atoms with Crippen LogP contribution in [0.1, 0.15) is 5.56 Å². The fraction of sp³-hybridized carbons (Fsp3) is 0.538. The van der Waals surface area contributed by atoms with Gasteiger partial charge in [0, 0.05) is 53.0 Å². The highest BCUT2D eigenvalue weighted by Gasteiger charge is 2.45. The van der Waals surface area contributed by atoms with E-state index >= 15 is 0 Å². The lowest BCUT2D eigenvalue weighted by molar-refractivity contribution is 0.139. The van der Waals surface area contributed by atoms with Crippen LogP contribution < -0.4 is 10.4 Å². The fourth-order valence-corrected chi connectivity index (χ4v) is 6.27. The molecule has 0 fully saturated rings. The first-order chi connectivity index (χ1) is 9.98. The van der Waals surface area contributed by atoms with E-state index in [-0.39, 0.29) is 0 Å². The van der Waals surface area contributed by atoms with Crippen molar-refractivity contribution in [3.63, 3.8) is 0 Å². The van der Waals surface area contributed by atoms with Gasteiger partial charge in [0.25, 0.3) is 0 Å². The van der Waals surface area contributed by atoms with Crippen LogP contribution in [0.2, 0.25) is 0 Å². The van der Waals surface area contributed by atoms with Crippen LogP contribution in [-0.2, 0) is 26.6 Å². The lowest BCUT2D eigenvalue weighted by Gasteiger charge is -2.28. The molecule has 0 saturated heterocycles. The molecule has 8 heteroatoms. The van der Waals surface area contributed by atoms with Crippen molar-refractivity contribution in [3.8, 4) is 0 Å². The Hall–Kier alpha value is -0.586. The van der Waals surface area contributed by atoms with E-state index in [1.54, 1.807) is 42.7 Å². The van der Waals surface area contributed by atoms with Crippen molar-refractivity contribution >= 4 is 28.0 Å². The third-order valence-electron chi connectivity index (χ3n) is 3.52. The molecule has 6 nitrogen and oxygen atoms in total. The van der Waals surface area contributed by atoms with Gasteiger partial charge < -0.3 is 26.6 Å². The van der Waals surface area contributed by atoms with E-state index in [0.717, 1.165) is 15.9 Å². The predicted molar refractivity (Wildman–Crippen MR) is 84.0 cm³/mol. The molecule has 0 bridgehead atoms. The SMILES string of the molecule is CO[Si](OC)(OC)c1ccc([Si](OC)(OC)OC)c(C)c1. The Morgan fingerprint density at radius 1 is 0.667 bits per heavy atom. The van der Waals surface area contributed by atoms with E-state index in [1.165, 1.54) is 0 Å². The summed E-state index contributed by atoms with van der Waals surface area (Å²) in [5.41, 5.74) is 0.979. The molecule has 0 aliphatic rings. The number of hydrogen-bond acceptors (Lipinski definition) is 6. The molecule has 0 aromatic heterocycles. The molecular weight excluding hydrogens is 308 g/mol. The average molecular weight is 333 g/mol. The first-order valence-electron chi connectivity index (χ1n) is 6.41. The van der Waals surface area contributed by atoms with Gasteiger partial charge in [-0.1, -0.05) is 18.2 Å². The van der Waals surface area contributed by atoms with Crippen molar-refractivity contribution in [2.45, 2.75) is 6.92 Å². The number of benzene rings is 1. The van der Waals surface area contributed by atoms with Gasteiger partial charge in [-0.15, -0.1) is 0 Å². The van der Waals surface area contributed by atoms with Gasteiger partial charge in [0.1, 0.15) is 0 Å². The highest BCUT2D eigenvalue weighted by atomic mass is 28.4. The van der Waals surface area contributed by atoms with Gasteiger partial charge in [0.15, 0.2) is 0 Å². The zero-order valence-corrected chi connectivity index (χ0v) is 15.7. The molecule has 0 saturated carbocycles. The van der Waals surface area contributed by atoms with Crippen LogP contribution in [-0.4, -0.2) is 60.3 Å². The highest BCUT2D eigenvalue weighted by Crippen LogP contribution is 2.12. The lowest BCUT2D eigenvalue weighted by Crippen LogP contribution is -2.58. The topological polar surface area (TPSA) is 55.4 Å². The van der Waals surface area contributed by atoms with Crippen molar-refractivity contribution < 1.29 is 26.6 Å². The quantitative estimate of drug-likeness (QED) is 0.633. The Morgan fingerprint density at radius 2 is 1.10 bits per heavy atom. The third kappa shape index (κ3) is 3.27. The summed E-state index contributed by atoms with van der Waals surface area (Å²) in [7, 11) is 3.82. The summed E-state index contributed by atoms with van der Waals surface area (Å²) < 4.78 is 33.0. The normalized spacial score (nSPS) is 12.7. The second kappa shape index (κ2) is 7.61. The van der Waals surface area contributed by atoms with Crippen molar-refractivity contribution in [3.05, 3.63) is 23.8 Å². The first kappa shape index (κ1) is 18.5. The molecule has 0 N–H and O–H groups in total. The van der Waals surface area contributed by atoms with Gasteiger partial charge in [0.2, 0.25) is 0 Å². The minimum absolute atomic E-state index is 0.877. The maximum Gasteiger partial charge on any atom is 0.536 e. The third-order valence-corrected chi connectivity index (χ3v) is 8.99. The van der Waals surface area contributed by atoms with Crippen LogP contribution in [0.4, 0.5) is 0 Å². The Morgan fingerprint density at radius 3 is 1.43 bits per heavy atom. The van der Waals surface area contributed by atoms with Gasteiger partial charge >= 0.3 is 17.6 Å². The van der Waals surface area contributed by atoms with Gasteiger partial charge in [-0.2, -0.15) is 0 Å². The van der Waals surface area contributed by atoms with E-state index in [1.807, 2.05) is 25.1 Å². The molecule has 0 unspecified atom stereocenters. The summed E-state index contributed by atoms with van der Waals surface area (Å²) >= 11 is 0. The van der Waals surface area contributed by atoms with Crippen LogP contribution in [0.15, 0.2) is 18.2 Å². The molecule has 0 radical (unpaired) electrons. The molecule has 0 spiro atoms. The monoisotopic (exact) mass is 332 g/mol. The molecule has 1 rings (SSSR count). The van der Waals surface area contributed by atoms with Crippen LogP contribution in [0, 0.1) is 6.92 Å². The second-order valence-corrected chi connectivity index (χ2v) is 10.2. The Kier molecular flexibility index (Phi) is 6.69. The maximum absolute atomic E-state index is 5.52. The minimum Gasteiger partial charge on any atom is -0.373 e. The molecule has 0 atom stereocenters. The zero-order chi connectivity index (χ0) is 16.1. The molecular formula is C13H24O6Si2. The maximum atomic E-state index is 5.52. The van der Waals surface area contributed by atoms with Crippen molar-refractivity contribution in [2.24, 2.45) is 0 Å². The van der Waals surface area contributed by atoms with E-state index in [4.69, 9.17) is 26.6 Å². The summed E-state index contributed by atoms with van der Waals surface area (Å²) in [6, 6.07) is 5.80. The Labute approximate surface area is 128 Å². The molecule has 0 aliphatic carbocycles. The van der Waals surface area contributed by atoms with Gasteiger partial charge in [0.05, 0.1) is 0 Å². The first-order valence-corrected chi connectivity index (χ1v) is 9.86. The Balaban J connectivity index is 3.34. The van der Waals surface area contributed by atoms with Crippen LogP contribution in [0.25, 0.3) is 0 Å². The predicted octanol–water partition coefficient (Wildman–Crippen LogP) is 0.165. The summed E-state index contributed by atoms with van der Waals surface area (Å²) in [4.78, 5) is 0. The van der Waals surface area contributed by atoms with E-state index in [0.29, 0.717) is 0 Å². The van der Waals surface area contributed by atoms with Gasteiger partial charge in [-0.25, -0.2) is 0 Å². The van der Waals surface area contributed by atoms with E-state index in [9.17, 15) is 0 Å². The van der Waals surface area contributed by atoms with Gasteiger partial charge in [-0.05, 0) is 12.5 Å². The summed E-state index contributed by atoms with van der Waals surface area (Å²) in [6.07, 6.45) is 0. The van der Waals surface area contributed by atoms with Crippen molar-refractivity contribution in [1.29, 1.82) is 0 Å². The van der Waals surface area contributed by atoms with Crippen LogP contribution >= 0.6 is 0 Å². The summed E-state index contributed by atoms with van der Waals surface area (Å²) in [5.74, 6) is 0. The van der Waals surface area contributed by atoms with Crippen LogP contribution in [0.3, 0.4) is 0 Å². The average Bonchev–Trinajstić information content (AvgIpc) is 2.53. The molecule has 1 aromatic carbocycles. The van der Waals surface area contributed by atoms with E-state index < -0.39 is 17.6 Å². The molecule has 21 heavy (non-hydrogen) atoms. The molecule has 1 aromatic rings. The number of aryl methyl sites for hydroxylation is 1. The number of rotatable bonds is 8. The largest absolute Gasteiger partial charge is 0.536 e. The Bertz CT molecular complexity index is 443. The highest BCUT2D eigenvalue weighted by molar-refractivity contribution is 6.77. The van der Waals surface area contributed by atoms with E-state index in [2.05, 4.69) is 0 Å². The fourth-order valence-electron chi connectivity index (χ4n) is 2.38. The van der Waals surface area contributed by atoms with Crippen molar-refractivity contribution in [2.75, 3.05) is 42.7 Å². The molecule has 120 valence electrons. The van der Waals surface area contributed by atoms with Crippen LogP contribution in [0.5, 0.6) is 0 Å². The molecule has 0 heterocycles. The molecule has 0 aliphatic heterocycles. The molecule has 0 amide bonds. The smallest absolute Gasteiger partial charge is 0.373 e. The standard InChI is InChI=1S/C13H24O6Si2/c1-11-10-12(20(14-2,15-3)16-4)8-9-13(11)21(17-5,18-6)19-7/h8-10H,1-7H3. The lowest BCUT2D eigenvalue weighted by atomic mass is 10.2. The van der Waals surface area contributed by atoms with Gasteiger partial charge in [-0.3, -0.25) is 0 Å². The minimum atomic E-state index is -2.86. The summed E-state index contributed by atoms with van der Waals surface area (Å²) in [6.45, 7) is 1.97.